The van der Waals surface area contributed by atoms with Crippen molar-refractivity contribution in [3.05, 3.63) is 54.1 Å². The summed E-state index contributed by atoms with van der Waals surface area (Å²) in [6, 6.07) is 17.9. The molecular weight excluding hydrogens is 356 g/mol. The molecular formula is C22H26N2O2S. The largest absolute Gasteiger partial charge is 0.466 e. The predicted molar refractivity (Wildman–Crippen MR) is 109 cm³/mol. The lowest BCUT2D eigenvalue weighted by Crippen LogP contribution is -2.48. The van der Waals surface area contributed by atoms with Crippen LogP contribution in [0.15, 0.2) is 58.3 Å². The van der Waals surface area contributed by atoms with Crippen LogP contribution in [0.3, 0.4) is 0 Å². The first-order valence-corrected chi connectivity index (χ1v) is 10.6. The van der Waals surface area contributed by atoms with Gasteiger partial charge in [-0.05, 0) is 43.7 Å². The quantitative estimate of drug-likeness (QED) is 0.718. The van der Waals surface area contributed by atoms with Crippen molar-refractivity contribution < 1.29 is 9.53 Å². The van der Waals surface area contributed by atoms with Crippen molar-refractivity contribution in [2.45, 2.75) is 35.6 Å². The Labute approximate surface area is 165 Å². The summed E-state index contributed by atoms with van der Waals surface area (Å²) in [6.07, 6.45) is 1.37. The number of carbonyl (C=O) groups is 1. The number of fused-ring (bicyclic) bond motifs is 5. The number of hydrogen-bond donors (Lipinski definition) is 0. The first-order valence-electron chi connectivity index (χ1n) is 9.76. The van der Waals surface area contributed by atoms with E-state index in [1.54, 1.807) is 0 Å². The van der Waals surface area contributed by atoms with Crippen LogP contribution in [0.4, 0.5) is 5.69 Å². The van der Waals surface area contributed by atoms with E-state index in [-0.39, 0.29) is 5.97 Å². The number of anilines is 1. The number of carbonyl (C=O) groups excluding carboxylic acids is 1. The molecule has 0 saturated carbocycles. The zero-order valence-corrected chi connectivity index (χ0v) is 16.6. The summed E-state index contributed by atoms with van der Waals surface area (Å²) in [5.41, 5.74) is 2.75. The molecule has 0 radical (unpaired) electrons. The molecule has 0 bridgehead atoms. The monoisotopic (exact) mass is 382 g/mol. The normalized spacial score (nSPS) is 18.9. The topological polar surface area (TPSA) is 32.8 Å². The molecule has 0 amide bonds. The van der Waals surface area contributed by atoms with E-state index in [4.69, 9.17) is 4.74 Å². The highest BCUT2D eigenvalue weighted by molar-refractivity contribution is 7.99. The maximum absolute atomic E-state index is 11.6. The number of piperazine rings is 1. The third-order valence-corrected chi connectivity index (χ3v) is 6.45. The molecule has 1 saturated heterocycles. The molecule has 2 aliphatic rings. The van der Waals surface area contributed by atoms with Crippen molar-refractivity contribution in [3.8, 4) is 0 Å². The first-order chi connectivity index (χ1) is 13.3. The van der Waals surface area contributed by atoms with Gasteiger partial charge in [-0.1, -0.05) is 42.1 Å². The third-order valence-electron chi connectivity index (χ3n) is 5.30. The predicted octanol–water partition coefficient (Wildman–Crippen LogP) is 4.36. The molecule has 1 unspecified atom stereocenters. The summed E-state index contributed by atoms with van der Waals surface area (Å²) in [7, 11) is 0. The van der Waals surface area contributed by atoms with Crippen molar-refractivity contribution >= 4 is 23.4 Å². The molecule has 4 nitrogen and oxygen atoms in total. The van der Waals surface area contributed by atoms with Crippen LogP contribution in [0.2, 0.25) is 0 Å². The van der Waals surface area contributed by atoms with E-state index >= 15 is 0 Å². The van der Waals surface area contributed by atoms with Gasteiger partial charge in [-0.25, -0.2) is 0 Å². The van der Waals surface area contributed by atoms with Crippen LogP contribution in [-0.4, -0.2) is 43.7 Å². The summed E-state index contributed by atoms with van der Waals surface area (Å²) >= 11 is 1.88. The lowest BCUT2D eigenvalue weighted by atomic mass is 10.0. The standard InChI is InChI=1S/C22H26N2O2S/c1-2-26-22(25)12-7-13-23-14-15-24-18-9-4-6-11-21(18)27-20-10-5-3-8-17(20)19(24)16-23/h3-6,8-11,19H,2,7,12-16H2,1H3. The maximum Gasteiger partial charge on any atom is 0.305 e. The van der Waals surface area contributed by atoms with Gasteiger partial charge in [0.1, 0.15) is 0 Å². The van der Waals surface area contributed by atoms with E-state index in [1.807, 2.05) is 18.7 Å². The van der Waals surface area contributed by atoms with Gasteiger partial charge in [-0.15, -0.1) is 0 Å². The van der Waals surface area contributed by atoms with Crippen molar-refractivity contribution in [2.75, 3.05) is 37.7 Å². The van der Waals surface area contributed by atoms with Gasteiger partial charge >= 0.3 is 5.97 Å². The highest BCUT2D eigenvalue weighted by atomic mass is 32.2. The molecule has 0 aliphatic carbocycles. The third kappa shape index (κ3) is 3.99. The SMILES string of the molecule is CCOC(=O)CCCN1CCN2c3ccccc3Sc3ccccc3C2C1. The Bertz CT molecular complexity index is 810. The number of hydrogen-bond acceptors (Lipinski definition) is 5. The second-order valence-corrected chi connectivity index (χ2v) is 8.11. The van der Waals surface area contributed by atoms with E-state index in [0.717, 1.165) is 32.6 Å². The lowest BCUT2D eigenvalue weighted by molar-refractivity contribution is -0.143. The second kappa shape index (κ2) is 8.36. The molecule has 1 fully saturated rings. The minimum atomic E-state index is -0.0822. The number of para-hydroxylation sites is 1. The van der Waals surface area contributed by atoms with E-state index in [9.17, 15) is 4.79 Å². The Kier molecular flexibility index (Phi) is 5.69. The van der Waals surface area contributed by atoms with Crippen molar-refractivity contribution in [3.63, 3.8) is 0 Å². The summed E-state index contributed by atoms with van der Waals surface area (Å²) in [4.78, 5) is 19.4. The Morgan fingerprint density at radius 2 is 1.89 bits per heavy atom. The van der Waals surface area contributed by atoms with E-state index < -0.39 is 0 Å². The highest BCUT2D eigenvalue weighted by Gasteiger charge is 2.33. The molecule has 2 aliphatic heterocycles. The van der Waals surface area contributed by atoms with Gasteiger partial charge in [0.15, 0.2) is 0 Å². The summed E-state index contributed by atoms with van der Waals surface area (Å²) in [6.45, 7) is 6.30. The van der Waals surface area contributed by atoms with Crippen LogP contribution in [0.1, 0.15) is 31.4 Å². The lowest BCUT2D eigenvalue weighted by Gasteiger charge is -2.43. The number of nitrogens with zero attached hydrogens (tertiary/aromatic N) is 2. The van der Waals surface area contributed by atoms with Crippen LogP contribution in [0.5, 0.6) is 0 Å². The molecule has 0 aromatic heterocycles. The van der Waals surface area contributed by atoms with Crippen LogP contribution in [0.25, 0.3) is 0 Å². The Morgan fingerprint density at radius 1 is 1.11 bits per heavy atom. The Morgan fingerprint density at radius 3 is 2.74 bits per heavy atom. The van der Waals surface area contributed by atoms with Gasteiger partial charge in [0.25, 0.3) is 0 Å². The van der Waals surface area contributed by atoms with Crippen LogP contribution >= 0.6 is 11.8 Å². The van der Waals surface area contributed by atoms with Gasteiger partial charge in [-0.3, -0.25) is 9.69 Å². The summed E-state index contributed by atoms with van der Waals surface area (Å²) < 4.78 is 5.05. The van der Waals surface area contributed by atoms with Gasteiger partial charge in [0, 0.05) is 35.8 Å². The van der Waals surface area contributed by atoms with Crippen molar-refractivity contribution in [1.29, 1.82) is 0 Å². The molecule has 27 heavy (non-hydrogen) atoms. The average Bonchev–Trinajstić information content (AvgIpc) is 2.82. The minimum absolute atomic E-state index is 0.0822. The molecule has 142 valence electrons. The van der Waals surface area contributed by atoms with Crippen LogP contribution in [0, 0.1) is 0 Å². The van der Waals surface area contributed by atoms with Crippen LogP contribution < -0.4 is 4.90 Å². The number of esters is 1. The fraction of sp³-hybridized carbons (Fsp3) is 0.409. The van der Waals surface area contributed by atoms with Gasteiger partial charge in [0.05, 0.1) is 18.3 Å². The fourth-order valence-corrected chi connectivity index (χ4v) is 5.17. The zero-order chi connectivity index (χ0) is 18.6. The zero-order valence-electron chi connectivity index (χ0n) is 15.8. The molecule has 0 N–H and O–H groups in total. The molecule has 2 aromatic carbocycles. The summed E-state index contributed by atoms with van der Waals surface area (Å²) in [5, 5.41) is 0. The molecule has 5 heteroatoms. The van der Waals surface area contributed by atoms with Crippen molar-refractivity contribution in [1.82, 2.24) is 4.90 Å². The summed E-state index contributed by atoms with van der Waals surface area (Å²) in [5.74, 6) is -0.0822. The maximum atomic E-state index is 11.6. The van der Waals surface area contributed by atoms with E-state index in [0.29, 0.717) is 19.1 Å². The Balaban J connectivity index is 1.52. The molecule has 1 atom stereocenters. The fourth-order valence-electron chi connectivity index (χ4n) is 4.03. The van der Waals surface area contributed by atoms with Crippen molar-refractivity contribution in [2.24, 2.45) is 0 Å². The number of ether oxygens (including phenoxy) is 1. The number of rotatable bonds is 5. The molecule has 4 rings (SSSR count). The molecule has 2 aromatic rings. The minimum Gasteiger partial charge on any atom is -0.466 e. The second-order valence-electron chi connectivity index (χ2n) is 7.03. The Hall–Kier alpha value is -1.98. The van der Waals surface area contributed by atoms with Gasteiger partial charge in [0.2, 0.25) is 0 Å². The number of benzene rings is 2. The first kappa shape index (κ1) is 18.4. The smallest absolute Gasteiger partial charge is 0.305 e. The molecule has 2 heterocycles. The van der Waals surface area contributed by atoms with E-state index in [2.05, 4.69) is 58.3 Å². The van der Waals surface area contributed by atoms with Gasteiger partial charge < -0.3 is 9.64 Å². The highest BCUT2D eigenvalue weighted by Crippen LogP contribution is 2.46. The van der Waals surface area contributed by atoms with E-state index in [1.165, 1.54) is 21.0 Å². The van der Waals surface area contributed by atoms with Crippen LogP contribution in [-0.2, 0) is 9.53 Å². The van der Waals surface area contributed by atoms with Gasteiger partial charge in [-0.2, -0.15) is 0 Å². The average molecular weight is 383 g/mol. The molecule has 0 spiro atoms.